The van der Waals surface area contributed by atoms with Crippen molar-refractivity contribution in [3.05, 3.63) is 35.7 Å². The van der Waals surface area contributed by atoms with Crippen LogP contribution in [0.3, 0.4) is 0 Å². The van der Waals surface area contributed by atoms with Crippen molar-refractivity contribution in [1.82, 2.24) is 0 Å². The summed E-state index contributed by atoms with van der Waals surface area (Å²) in [7, 11) is 0. The molecule has 0 aliphatic carbocycles. The number of benzene rings is 1. The molecule has 0 nitrogen and oxygen atoms in total. The largest absolute Gasteiger partial charge is 0.296 e. The second-order valence-electron chi connectivity index (χ2n) is 1.90. The fourth-order valence-corrected chi connectivity index (χ4v) is 1.55. The van der Waals surface area contributed by atoms with E-state index in [4.69, 9.17) is 0 Å². The van der Waals surface area contributed by atoms with E-state index < -0.39 is 0 Å². The molecule has 0 N–H and O–H groups in total. The first-order valence-corrected chi connectivity index (χ1v) is 10.8. The van der Waals surface area contributed by atoms with E-state index in [-0.39, 0.29) is 0 Å². The van der Waals surface area contributed by atoms with Gasteiger partial charge in [0.25, 0.3) is 0 Å². The molecule has 0 aliphatic rings. The summed E-state index contributed by atoms with van der Waals surface area (Å²) >= 11 is 5.91. The first-order valence-electron chi connectivity index (χ1n) is 3.08. The van der Waals surface area contributed by atoms with E-state index in [0.29, 0.717) is 0 Å². The Morgan fingerprint density at radius 2 is 2.00 bits per heavy atom. The van der Waals surface area contributed by atoms with Crippen LogP contribution >= 0.6 is 25.0 Å². The summed E-state index contributed by atoms with van der Waals surface area (Å²) < 4.78 is 1.32. The summed E-state index contributed by atoms with van der Waals surface area (Å²) in [5.74, 6) is 0. The fourth-order valence-electron chi connectivity index (χ4n) is 0.849. The standard InChI is InChI=1S/C8H5S.BrH.Zn/c1-2-4-8-7(3-1)5-6-9-8;;/h1-5H;1H;/q-1;;+2/p-1. The second kappa shape index (κ2) is 5.02. The van der Waals surface area contributed by atoms with E-state index in [1.807, 2.05) is 18.2 Å². The van der Waals surface area contributed by atoms with Gasteiger partial charge in [0.05, 0.1) is 0 Å². The molecule has 1 aromatic carbocycles. The Hall–Kier alpha value is 0.283. The van der Waals surface area contributed by atoms with Crippen LogP contribution in [0.25, 0.3) is 10.1 Å². The zero-order valence-electron chi connectivity index (χ0n) is 5.88. The maximum atomic E-state index is 3.08. The monoisotopic (exact) mass is 276 g/mol. The Labute approximate surface area is 86.7 Å². The van der Waals surface area contributed by atoms with Gasteiger partial charge in [-0.15, -0.1) is 22.2 Å². The molecule has 0 saturated carbocycles. The number of rotatable bonds is 0. The summed E-state index contributed by atoms with van der Waals surface area (Å²) in [6.07, 6.45) is 0. The van der Waals surface area contributed by atoms with Crippen molar-refractivity contribution in [3.8, 4) is 0 Å². The molecule has 0 fully saturated rings. The molecular weight excluding hydrogens is 273 g/mol. The predicted molar refractivity (Wildman–Crippen MR) is 49.6 cm³/mol. The number of hydrogen-bond acceptors (Lipinski definition) is 1. The van der Waals surface area contributed by atoms with Crippen LogP contribution in [-0.2, 0) is 16.3 Å². The molecule has 52 valence electrons. The Kier molecular flexibility index (Phi) is 4.28. The molecule has 0 spiro atoms. The fraction of sp³-hybridized carbons (Fsp3) is 0. The van der Waals surface area contributed by atoms with Gasteiger partial charge in [-0.1, -0.05) is 12.1 Å². The molecule has 0 atom stereocenters. The first-order chi connectivity index (χ1) is 5.47. The molecule has 2 rings (SSSR count). The van der Waals surface area contributed by atoms with E-state index in [1.165, 1.54) is 26.4 Å². The van der Waals surface area contributed by atoms with E-state index in [9.17, 15) is 0 Å². The summed E-state index contributed by atoms with van der Waals surface area (Å²) in [5, 5.41) is 4.37. The quantitative estimate of drug-likeness (QED) is 0.511. The molecule has 2 aromatic rings. The van der Waals surface area contributed by atoms with Gasteiger partial charge in [0.15, 0.2) is 0 Å². The van der Waals surface area contributed by atoms with Crippen molar-refractivity contribution >= 4 is 35.0 Å². The minimum Gasteiger partial charge on any atom is -0.296 e. The first kappa shape index (κ1) is 9.37. The summed E-state index contributed by atoms with van der Waals surface area (Å²) in [6.45, 7) is 0. The van der Waals surface area contributed by atoms with E-state index in [2.05, 4.69) is 31.1 Å². The van der Waals surface area contributed by atoms with Crippen LogP contribution in [0, 0.1) is 5.38 Å². The SMILES string of the molecule is [Zn+][Br].[c-]1cc2ccccc2s1. The smallest absolute Gasteiger partial charge is 0.0751 e. The zero-order valence-corrected chi connectivity index (χ0v) is 11.2. The van der Waals surface area contributed by atoms with Crippen molar-refractivity contribution < 1.29 is 16.3 Å². The van der Waals surface area contributed by atoms with Crippen LogP contribution in [0.1, 0.15) is 0 Å². The number of halogens is 1. The van der Waals surface area contributed by atoms with Crippen molar-refractivity contribution in [1.29, 1.82) is 0 Å². The van der Waals surface area contributed by atoms with Crippen LogP contribution in [-0.4, -0.2) is 0 Å². The number of thiophene rings is 1. The molecule has 0 unspecified atom stereocenters. The van der Waals surface area contributed by atoms with E-state index in [1.54, 1.807) is 11.3 Å². The maximum Gasteiger partial charge on any atom is -0.0751 e. The average Bonchev–Trinajstić information content (AvgIpc) is 2.55. The molecule has 0 saturated heterocycles. The minimum atomic E-state index is 1.19. The van der Waals surface area contributed by atoms with E-state index >= 15 is 0 Å². The van der Waals surface area contributed by atoms with Crippen LogP contribution in [0.5, 0.6) is 0 Å². The third-order valence-corrected chi connectivity index (χ3v) is 2.13. The molecule has 0 bridgehead atoms. The van der Waals surface area contributed by atoms with Gasteiger partial charge in [-0.3, -0.25) is 11.3 Å². The molecule has 1 heterocycles. The summed E-state index contributed by atoms with van der Waals surface area (Å²) in [4.78, 5) is 0. The topological polar surface area (TPSA) is 0 Å². The predicted octanol–water partition coefficient (Wildman–Crippen LogP) is 3.54. The van der Waals surface area contributed by atoms with Crippen LogP contribution in [0.4, 0.5) is 0 Å². The Morgan fingerprint density at radius 1 is 1.27 bits per heavy atom. The summed E-state index contributed by atoms with van der Waals surface area (Å²) in [5.41, 5.74) is 0. The third kappa shape index (κ3) is 2.36. The van der Waals surface area contributed by atoms with Gasteiger partial charge in [0, 0.05) is 0 Å². The number of hydrogen-bond donors (Lipinski definition) is 0. The second-order valence-corrected chi connectivity index (χ2v) is 2.78. The average molecular weight is 278 g/mol. The molecular formula is C8H5BrSZn. The van der Waals surface area contributed by atoms with Crippen LogP contribution in [0.2, 0.25) is 0 Å². The van der Waals surface area contributed by atoms with Crippen molar-refractivity contribution in [2.75, 3.05) is 0 Å². The van der Waals surface area contributed by atoms with Crippen LogP contribution in [0.15, 0.2) is 30.3 Å². The van der Waals surface area contributed by atoms with Crippen molar-refractivity contribution in [2.24, 2.45) is 0 Å². The minimum absolute atomic E-state index is 1.19. The normalized spacial score (nSPS) is 9.00. The van der Waals surface area contributed by atoms with Crippen molar-refractivity contribution in [2.45, 2.75) is 0 Å². The van der Waals surface area contributed by atoms with Gasteiger partial charge >= 0.3 is 30.0 Å². The number of fused-ring (bicyclic) bond motifs is 1. The van der Waals surface area contributed by atoms with E-state index in [0.717, 1.165) is 0 Å². The van der Waals surface area contributed by atoms with Gasteiger partial charge in [0.2, 0.25) is 0 Å². The molecule has 11 heavy (non-hydrogen) atoms. The zero-order chi connectivity index (χ0) is 8.10. The van der Waals surface area contributed by atoms with Gasteiger partial charge < -0.3 is 0 Å². The van der Waals surface area contributed by atoms with Gasteiger partial charge in [-0.05, 0) is 0 Å². The van der Waals surface area contributed by atoms with Crippen LogP contribution < -0.4 is 0 Å². The van der Waals surface area contributed by atoms with Gasteiger partial charge in [0.1, 0.15) is 0 Å². The molecule has 1 aromatic heterocycles. The van der Waals surface area contributed by atoms with Gasteiger partial charge in [-0.25, -0.2) is 0 Å². The maximum absolute atomic E-state index is 3.08. The Bertz CT molecular complexity index is 288. The Balaban J connectivity index is 0.000000281. The van der Waals surface area contributed by atoms with Crippen molar-refractivity contribution in [3.63, 3.8) is 0 Å². The Morgan fingerprint density at radius 3 is 2.73 bits per heavy atom. The molecule has 0 radical (unpaired) electrons. The third-order valence-electron chi connectivity index (χ3n) is 1.30. The summed E-state index contributed by atoms with van der Waals surface area (Å²) in [6, 6.07) is 10.3. The molecule has 0 aliphatic heterocycles. The molecule has 0 amide bonds. The molecule has 3 heteroatoms. The van der Waals surface area contributed by atoms with Gasteiger partial charge in [-0.2, -0.15) is 11.5 Å².